The smallest absolute Gasteiger partial charge is 0.245 e. The van der Waals surface area contributed by atoms with Crippen molar-refractivity contribution in [2.24, 2.45) is 23.7 Å². The number of carbonyl (C=O) groups is 4. The van der Waals surface area contributed by atoms with Crippen LogP contribution in [0.25, 0.3) is 0 Å². The monoisotopic (exact) mass is 732 g/mol. The maximum atomic E-state index is 14.2. The van der Waals surface area contributed by atoms with Crippen molar-refractivity contribution < 1.29 is 33.8 Å². The van der Waals surface area contributed by atoms with Crippen LogP contribution in [0.15, 0.2) is 30.3 Å². The first kappa shape index (κ1) is 45.1. The van der Waals surface area contributed by atoms with Gasteiger partial charge in [0, 0.05) is 27.8 Å². The minimum Gasteiger partial charge on any atom is -0.386 e. The lowest BCUT2D eigenvalue weighted by atomic mass is 9.89. The summed E-state index contributed by atoms with van der Waals surface area (Å²) in [5.41, 5.74) is 0.711. The minimum atomic E-state index is -0.876. The summed E-state index contributed by atoms with van der Waals surface area (Å²) in [6, 6.07) is 6.72. The predicted octanol–water partition coefficient (Wildman–Crippen LogP) is 3.87. The Balaban J connectivity index is 2.25. The molecule has 0 aromatic heterocycles. The second-order valence-corrected chi connectivity index (χ2v) is 15.6. The first-order valence-electron chi connectivity index (χ1n) is 19.0. The summed E-state index contributed by atoms with van der Waals surface area (Å²) in [4.78, 5) is 60.6. The number of carbonyl (C=O) groups excluding carboxylic acids is 4. The Labute approximate surface area is 313 Å². The molecule has 0 bridgehead atoms. The van der Waals surface area contributed by atoms with Crippen LogP contribution in [-0.2, 0) is 28.7 Å². The first-order chi connectivity index (χ1) is 24.4. The molecule has 2 unspecified atom stereocenters. The van der Waals surface area contributed by atoms with Crippen molar-refractivity contribution in [3.05, 3.63) is 35.9 Å². The maximum absolute atomic E-state index is 14.2. The van der Waals surface area contributed by atoms with E-state index >= 15 is 0 Å². The van der Waals surface area contributed by atoms with Gasteiger partial charge in [-0.15, -0.1) is 0 Å². The number of amides is 4. The Morgan fingerprint density at radius 2 is 1.52 bits per heavy atom. The van der Waals surface area contributed by atoms with E-state index in [-0.39, 0.29) is 53.8 Å². The number of aliphatic hydroxyl groups is 1. The van der Waals surface area contributed by atoms with Gasteiger partial charge in [0.2, 0.25) is 23.6 Å². The van der Waals surface area contributed by atoms with Crippen molar-refractivity contribution in [1.82, 2.24) is 25.3 Å². The zero-order valence-electron chi connectivity index (χ0n) is 34.1. The Morgan fingerprint density at radius 1 is 0.904 bits per heavy atom. The van der Waals surface area contributed by atoms with Crippen molar-refractivity contribution >= 4 is 23.6 Å². The molecular formula is C40H69N5O7. The third kappa shape index (κ3) is 11.5. The average molecular weight is 732 g/mol. The van der Waals surface area contributed by atoms with Gasteiger partial charge in [-0.3, -0.25) is 24.1 Å². The van der Waals surface area contributed by atoms with Gasteiger partial charge in [0.05, 0.1) is 54.8 Å². The Hall–Kier alpha value is -3.06. The minimum absolute atomic E-state index is 0.0153. The van der Waals surface area contributed by atoms with Crippen LogP contribution in [0.2, 0.25) is 0 Å². The van der Waals surface area contributed by atoms with Crippen molar-refractivity contribution in [2.75, 3.05) is 41.9 Å². The molecular weight excluding hydrogens is 662 g/mol. The highest BCUT2D eigenvalue weighted by Gasteiger charge is 2.43. The van der Waals surface area contributed by atoms with E-state index in [9.17, 15) is 24.3 Å². The van der Waals surface area contributed by atoms with Crippen LogP contribution in [0.4, 0.5) is 0 Å². The van der Waals surface area contributed by atoms with E-state index in [0.717, 1.165) is 12.8 Å². The van der Waals surface area contributed by atoms with E-state index in [4.69, 9.17) is 9.47 Å². The molecule has 12 nitrogen and oxygen atoms in total. The number of rotatable bonds is 20. The summed E-state index contributed by atoms with van der Waals surface area (Å²) in [6.45, 7) is 16.0. The molecule has 0 spiro atoms. The Morgan fingerprint density at radius 3 is 2.02 bits per heavy atom. The topological polar surface area (TPSA) is 141 Å². The molecule has 1 fully saturated rings. The fourth-order valence-electron chi connectivity index (χ4n) is 7.78. The third-order valence-corrected chi connectivity index (χ3v) is 10.9. The van der Waals surface area contributed by atoms with Crippen LogP contribution in [0.1, 0.15) is 92.7 Å². The number of likely N-dealkylation sites (N-methyl/N-ethyl adjacent to an activating group) is 2. The Bertz CT molecular complexity index is 1270. The average Bonchev–Trinajstić information content (AvgIpc) is 3.59. The molecule has 1 aromatic carbocycles. The zero-order valence-corrected chi connectivity index (χ0v) is 34.1. The number of ether oxygens (including phenoxy) is 2. The van der Waals surface area contributed by atoms with Crippen molar-refractivity contribution in [3.8, 4) is 0 Å². The molecule has 2 rings (SSSR count). The second-order valence-electron chi connectivity index (χ2n) is 15.6. The molecule has 4 amide bonds. The van der Waals surface area contributed by atoms with Crippen LogP contribution in [0.3, 0.4) is 0 Å². The summed E-state index contributed by atoms with van der Waals surface area (Å²) in [5.74, 6) is -1.57. The molecule has 1 heterocycles. The van der Waals surface area contributed by atoms with Crippen molar-refractivity contribution in [2.45, 2.75) is 130 Å². The van der Waals surface area contributed by atoms with Crippen LogP contribution in [0, 0.1) is 23.7 Å². The van der Waals surface area contributed by atoms with Gasteiger partial charge < -0.3 is 35.0 Å². The first-order valence-corrected chi connectivity index (χ1v) is 19.0. The van der Waals surface area contributed by atoms with Gasteiger partial charge in [-0.1, -0.05) is 85.2 Å². The van der Waals surface area contributed by atoms with Gasteiger partial charge in [-0.2, -0.15) is 0 Å². The van der Waals surface area contributed by atoms with E-state index < -0.39 is 48.4 Å². The standard InChI is InChI=1S/C40H69N5O7/c1-14-26(6)35(44(11)40(50)33(24(2)3)42-39(49)34(25(4)5)43(9)10)31(51-12)23-32(46)45-22-18-21-30(45)37(52-13)27(7)38(48)41-28(8)36(47)29-19-16-15-17-20-29/h15-17,19-20,24-28,30-31,33-37,47H,14,18,21-23H2,1-13H3,(H,41,48)(H,42,49)/t26-,27+,28+,30-,31+,33-,34-,35-,36?,37?/m0/s1. The third-order valence-electron chi connectivity index (χ3n) is 10.9. The van der Waals surface area contributed by atoms with Crippen LogP contribution in [0.5, 0.6) is 0 Å². The number of hydrogen-bond acceptors (Lipinski definition) is 8. The fraction of sp³-hybridized carbons (Fsp3) is 0.750. The van der Waals surface area contributed by atoms with Gasteiger partial charge in [-0.25, -0.2) is 0 Å². The molecule has 0 radical (unpaired) electrons. The summed E-state index contributed by atoms with van der Waals surface area (Å²) in [6.07, 6.45) is 0.148. The lowest BCUT2D eigenvalue weighted by Crippen LogP contribution is -2.59. The summed E-state index contributed by atoms with van der Waals surface area (Å²) in [7, 11) is 8.57. The summed E-state index contributed by atoms with van der Waals surface area (Å²) < 4.78 is 11.9. The highest BCUT2D eigenvalue weighted by Crippen LogP contribution is 2.30. The highest BCUT2D eigenvalue weighted by atomic mass is 16.5. The lowest BCUT2D eigenvalue weighted by molar-refractivity contribution is -0.148. The van der Waals surface area contributed by atoms with E-state index in [2.05, 4.69) is 10.6 Å². The molecule has 10 atom stereocenters. The van der Waals surface area contributed by atoms with Crippen LogP contribution in [-0.4, -0.2) is 128 Å². The molecule has 52 heavy (non-hydrogen) atoms. The number of likely N-dealkylation sites (tertiary alicyclic amines) is 1. The van der Waals surface area contributed by atoms with E-state index in [1.54, 1.807) is 44.9 Å². The van der Waals surface area contributed by atoms with E-state index in [0.29, 0.717) is 18.5 Å². The number of benzene rings is 1. The van der Waals surface area contributed by atoms with Crippen LogP contribution < -0.4 is 10.6 Å². The fourth-order valence-corrected chi connectivity index (χ4v) is 7.78. The number of nitrogens with zero attached hydrogens (tertiary/aromatic N) is 3. The lowest BCUT2D eigenvalue weighted by Gasteiger charge is -2.41. The molecule has 1 aliphatic rings. The van der Waals surface area contributed by atoms with Crippen LogP contribution >= 0.6 is 0 Å². The zero-order chi connectivity index (χ0) is 39.4. The quantitative estimate of drug-likeness (QED) is 0.184. The molecule has 0 saturated carbocycles. The number of nitrogens with one attached hydrogen (secondary N) is 2. The molecule has 3 N–H and O–H groups in total. The largest absolute Gasteiger partial charge is 0.386 e. The predicted molar refractivity (Wildman–Crippen MR) is 204 cm³/mol. The summed E-state index contributed by atoms with van der Waals surface area (Å²) in [5, 5.41) is 16.8. The number of aliphatic hydroxyl groups excluding tert-OH is 1. The van der Waals surface area contributed by atoms with Crippen molar-refractivity contribution in [3.63, 3.8) is 0 Å². The van der Waals surface area contributed by atoms with Gasteiger partial charge >= 0.3 is 0 Å². The molecule has 0 aliphatic carbocycles. The van der Waals surface area contributed by atoms with Gasteiger partial charge in [0.1, 0.15) is 6.04 Å². The molecule has 1 aliphatic heterocycles. The van der Waals surface area contributed by atoms with E-state index in [1.165, 1.54) is 0 Å². The maximum Gasteiger partial charge on any atom is 0.245 e. The Kier molecular flexibility index (Phi) is 18.2. The highest BCUT2D eigenvalue weighted by molar-refractivity contribution is 5.90. The van der Waals surface area contributed by atoms with Gasteiger partial charge in [-0.05, 0) is 57.2 Å². The molecule has 12 heteroatoms. The van der Waals surface area contributed by atoms with Gasteiger partial charge in [0.25, 0.3) is 0 Å². The number of hydrogen-bond donors (Lipinski definition) is 3. The molecule has 296 valence electrons. The van der Waals surface area contributed by atoms with Gasteiger partial charge in [0.15, 0.2) is 0 Å². The van der Waals surface area contributed by atoms with E-state index in [1.807, 2.05) is 90.9 Å². The SMILES string of the molecule is CC[C@H](C)[C@@H]([C@@H](CC(=O)N1CCC[C@H]1C(OC)[C@@H](C)C(=O)N[C@H](C)C(O)c1ccccc1)OC)N(C)C(=O)[C@@H](NC(=O)[C@H](C(C)C)N(C)C)C(C)C. The number of methoxy groups -OCH3 is 2. The van der Waals surface area contributed by atoms with Crippen molar-refractivity contribution in [1.29, 1.82) is 0 Å². The normalized spacial score (nSPS) is 20.1. The molecule has 1 saturated heterocycles. The second kappa shape index (κ2) is 21.0. The molecule has 1 aromatic rings. The summed E-state index contributed by atoms with van der Waals surface area (Å²) >= 11 is 0.